The van der Waals surface area contributed by atoms with E-state index in [1.807, 2.05) is 19.2 Å². The molecule has 0 bridgehead atoms. The van der Waals surface area contributed by atoms with Crippen molar-refractivity contribution in [2.45, 2.75) is 6.92 Å². The molecule has 1 radical (unpaired) electrons. The summed E-state index contributed by atoms with van der Waals surface area (Å²) in [4.78, 5) is 3.95. The molecule has 1 aromatic carbocycles. The van der Waals surface area contributed by atoms with E-state index in [0.29, 0.717) is 5.69 Å². The average molecular weight is 530 g/mol. The van der Waals surface area contributed by atoms with Gasteiger partial charge in [-0.2, -0.15) is 0 Å². The van der Waals surface area contributed by atoms with E-state index in [9.17, 15) is 8.78 Å². The van der Waals surface area contributed by atoms with Gasteiger partial charge in [0, 0.05) is 50.3 Å². The molecule has 4 aromatic rings. The first kappa shape index (κ1) is 19.6. The molecule has 0 N–H and O–H groups in total. The first-order valence-electron chi connectivity index (χ1n) is 7.38. The number of pyridine rings is 1. The second-order valence-corrected chi connectivity index (χ2v) is 5.06. The minimum absolute atomic E-state index is 0. The standard InChI is InChI=1S/C11H6F2N.C7H7N4.Ir/c12-8-4-5-9(10(13)7-8)11-3-1-2-6-14-11;1-6-5-8-10-7(6)11-4-2-3-9-11;/h1-4,6-7H;2-5H,1H3;/q2*-1;. The number of benzene rings is 1. The summed E-state index contributed by atoms with van der Waals surface area (Å²) in [6, 6.07) is 11.4. The zero-order valence-electron chi connectivity index (χ0n) is 13.6. The Kier molecular flexibility index (Phi) is 6.89. The SMILES string of the molecule is Cc1cn[n-]c1-n1cccn1.Fc1c[c-]c(-c2ccccn2)c(F)c1.[Ir]. The van der Waals surface area contributed by atoms with E-state index in [1.165, 1.54) is 0 Å². The maximum Gasteiger partial charge on any atom is 0.0408 e. The van der Waals surface area contributed by atoms with Gasteiger partial charge >= 0.3 is 0 Å². The number of halogens is 2. The molecule has 0 spiro atoms. The van der Waals surface area contributed by atoms with Gasteiger partial charge in [0.25, 0.3) is 0 Å². The number of rotatable bonds is 2. The van der Waals surface area contributed by atoms with Crippen LogP contribution in [0.3, 0.4) is 0 Å². The first-order chi connectivity index (χ1) is 12.1. The second kappa shape index (κ2) is 9.12. The van der Waals surface area contributed by atoms with Crippen molar-refractivity contribution in [1.29, 1.82) is 0 Å². The Morgan fingerprint density at radius 3 is 2.58 bits per heavy atom. The van der Waals surface area contributed by atoms with Crippen LogP contribution >= 0.6 is 0 Å². The third kappa shape index (κ3) is 4.68. The van der Waals surface area contributed by atoms with Gasteiger partial charge in [-0.15, -0.1) is 12.1 Å². The van der Waals surface area contributed by atoms with Gasteiger partial charge in [0.2, 0.25) is 0 Å². The van der Waals surface area contributed by atoms with Crippen LogP contribution in [0.5, 0.6) is 0 Å². The van der Waals surface area contributed by atoms with Crippen LogP contribution < -0.4 is 5.10 Å². The number of hydrogen-bond acceptors (Lipinski definition) is 3. The van der Waals surface area contributed by atoms with Crippen LogP contribution in [-0.4, -0.2) is 19.9 Å². The normalized spacial score (nSPS) is 9.81. The quantitative estimate of drug-likeness (QED) is 0.374. The van der Waals surface area contributed by atoms with Gasteiger partial charge in [0.05, 0.1) is 0 Å². The second-order valence-electron chi connectivity index (χ2n) is 5.06. The fraction of sp³-hybridized carbons (Fsp3) is 0.0556. The Balaban J connectivity index is 0.000000184. The van der Waals surface area contributed by atoms with E-state index in [4.69, 9.17) is 0 Å². The fourth-order valence-electron chi connectivity index (χ4n) is 2.08. The Morgan fingerprint density at radius 1 is 1.15 bits per heavy atom. The summed E-state index contributed by atoms with van der Waals surface area (Å²) >= 11 is 0. The van der Waals surface area contributed by atoms with Crippen molar-refractivity contribution >= 4 is 0 Å². The molecule has 26 heavy (non-hydrogen) atoms. The molecule has 8 heteroatoms. The van der Waals surface area contributed by atoms with Gasteiger partial charge in [-0.25, -0.2) is 0 Å². The molecule has 0 aliphatic carbocycles. The molecule has 3 heterocycles. The van der Waals surface area contributed by atoms with Crippen molar-refractivity contribution in [3.05, 3.63) is 84.4 Å². The van der Waals surface area contributed by atoms with Gasteiger partial charge in [-0.3, -0.25) is 19.0 Å². The maximum atomic E-state index is 13.2. The largest absolute Gasteiger partial charge is 0.356 e. The van der Waals surface area contributed by atoms with E-state index < -0.39 is 11.6 Å². The molecule has 4 rings (SSSR count). The van der Waals surface area contributed by atoms with E-state index >= 15 is 0 Å². The summed E-state index contributed by atoms with van der Waals surface area (Å²) in [5, 5.41) is 11.7. The minimum Gasteiger partial charge on any atom is -0.356 e. The molecule has 0 aliphatic heterocycles. The molecule has 0 saturated carbocycles. The van der Waals surface area contributed by atoms with Crippen LogP contribution in [0.2, 0.25) is 0 Å². The minimum atomic E-state index is -0.649. The van der Waals surface area contributed by atoms with Crippen molar-refractivity contribution < 1.29 is 28.9 Å². The average Bonchev–Trinajstić information content (AvgIpc) is 3.27. The fourth-order valence-corrected chi connectivity index (χ4v) is 2.08. The number of aromatic nitrogens is 5. The van der Waals surface area contributed by atoms with Gasteiger partial charge in [0.15, 0.2) is 0 Å². The number of hydrogen-bond donors (Lipinski definition) is 0. The van der Waals surface area contributed by atoms with E-state index in [-0.39, 0.29) is 25.7 Å². The monoisotopic (exact) mass is 530 g/mol. The van der Waals surface area contributed by atoms with Gasteiger partial charge < -0.3 is 14.8 Å². The molecule has 0 fully saturated rings. The molecular weight excluding hydrogens is 516 g/mol. The Morgan fingerprint density at radius 2 is 2.00 bits per heavy atom. The topological polar surface area (TPSA) is 57.7 Å². The predicted molar refractivity (Wildman–Crippen MR) is 87.8 cm³/mol. The van der Waals surface area contributed by atoms with Gasteiger partial charge in [-0.1, -0.05) is 30.0 Å². The molecular formula is C18H13F2IrN5-2. The molecule has 0 unspecified atom stereocenters. The predicted octanol–water partition coefficient (Wildman–Crippen LogP) is 3.36. The van der Waals surface area contributed by atoms with Crippen LogP contribution in [0.4, 0.5) is 8.78 Å². The zero-order chi connectivity index (χ0) is 17.6. The summed E-state index contributed by atoms with van der Waals surface area (Å²) in [6.45, 7) is 1.96. The number of nitrogens with zero attached hydrogens (tertiary/aromatic N) is 5. The maximum absolute atomic E-state index is 13.2. The van der Waals surface area contributed by atoms with Crippen LogP contribution in [0.1, 0.15) is 5.56 Å². The van der Waals surface area contributed by atoms with Crippen molar-refractivity contribution in [2.75, 3.05) is 0 Å². The van der Waals surface area contributed by atoms with Gasteiger partial charge in [0.1, 0.15) is 0 Å². The van der Waals surface area contributed by atoms with Crippen LogP contribution in [-0.2, 0) is 20.1 Å². The molecule has 0 saturated heterocycles. The van der Waals surface area contributed by atoms with Gasteiger partial charge in [-0.05, 0) is 36.1 Å². The molecule has 0 aliphatic rings. The van der Waals surface area contributed by atoms with Crippen LogP contribution in [0, 0.1) is 24.6 Å². The Bertz CT molecular complexity index is 939. The van der Waals surface area contributed by atoms with E-state index in [0.717, 1.165) is 23.5 Å². The summed E-state index contributed by atoms with van der Waals surface area (Å²) in [5.41, 5.74) is 1.67. The van der Waals surface area contributed by atoms with Crippen molar-refractivity contribution in [3.63, 3.8) is 0 Å². The summed E-state index contributed by atoms with van der Waals surface area (Å²) in [7, 11) is 0. The smallest absolute Gasteiger partial charge is 0.0408 e. The number of aryl methyl sites for hydroxylation is 1. The third-order valence-electron chi connectivity index (χ3n) is 3.26. The van der Waals surface area contributed by atoms with Crippen molar-refractivity contribution in [3.8, 4) is 17.1 Å². The van der Waals surface area contributed by atoms with Crippen LogP contribution in [0.15, 0.2) is 61.2 Å². The van der Waals surface area contributed by atoms with E-state index in [2.05, 4.69) is 26.3 Å². The zero-order valence-corrected chi connectivity index (χ0v) is 16.0. The molecule has 0 atom stereocenters. The van der Waals surface area contributed by atoms with Crippen molar-refractivity contribution in [2.24, 2.45) is 0 Å². The molecule has 3 aromatic heterocycles. The summed E-state index contributed by atoms with van der Waals surface area (Å²) in [6.07, 6.45) is 6.83. The third-order valence-corrected chi connectivity index (χ3v) is 3.26. The molecule has 135 valence electrons. The van der Waals surface area contributed by atoms with E-state index in [1.54, 1.807) is 41.5 Å². The molecule has 0 amide bonds. The summed E-state index contributed by atoms with van der Waals surface area (Å²) in [5.74, 6) is -0.485. The first-order valence-corrected chi connectivity index (χ1v) is 7.38. The summed E-state index contributed by atoms with van der Waals surface area (Å²) < 4.78 is 27.5. The Labute approximate surface area is 162 Å². The molecule has 5 nitrogen and oxygen atoms in total. The van der Waals surface area contributed by atoms with Crippen molar-refractivity contribution in [1.82, 2.24) is 25.0 Å². The van der Waals surface area contributed by atoms with Crippen LogP contribution in [0.25, 0.3) is 17.1 Å². The Hall–Kier alpha value is -2.70.